The van der Waals surface area contributed by atoms with Gasteiger partial charge in [-0.3, -0.25) is 0 Å². The highest BCUT2D eigenvalue weighted by atomic mass is 32.2. The minimum Gasteiger partial charge on any atom is -0.314 e. The first kappa shape index (κ1) is 17.9. The SMILES string of the molecule is CC(C)CN(C)S(=O)(=O)N1CCC(CNC(C)C)CC1. The van der Waals surface area contributed by atoms with Crippen LogP contribution in [0.2, 0.25) is 0 Å². The van der Waals surface area contributed by atoms with Crippen LogP contribution in [-0.2, 0) is 10.2 Å². The van der Waals surface area contributed by atoms with Gasteiger partial charge in [0, 0.05) is 32.7 Å². The zero-order valence-electron chi connectivity index (χ0n) is 13.6. The van der Waals surface area contributed by atoms with Crippen molar-refractivity contribution in [2.24, 2.45) is 11.8 Å². The molecule has 0 aliphatic carbocycles. The summed E-state index contributed by atoms with van der Waals surface area (Å²) < 4.78 is 28.0. The molecule has 1 rings (SSSR count). The van der Waals surface area contributed by atoms with Crippen molar-refractivity contribution in [3.8, 4) is 0 Å². The average Bonchev–Trinajstić information content (AvgIpc) is 2.36. The smallest absolute Gasteiger partial charge is 0.281 e. The van der Waals surface area contributed by atoms with E-state index in [-0.39, 0.29) is 0 Å². The third kappa shape index (κ3) is 5.31. The van der Waals surface area contributed by atoms with E-state index in [4.69, 9.17) is 0 Å². The third-order valence-corrected chi connectivity index (χ3v) is 5.69. The summed E-state index contributed by atoms with van der Waals surface area (Å²) in [6, 6.07) is 0.494. The fourth-order valence-corrected chi connectivity index (χ4v) is 4.11. The van der Waals surface area contributed by atoms with E-state index in [1.807, 2.05) is 13.8 Å². The summed E-state index contributed by atoms with van der Waals surface area (Å²) in [6.07, 6.45) is 1.91. The summed E-state index contributed by atoms with van der Waals surface area (Å²) in [4.78, 5) is 0. The fraction of sp³-hybridized carbons (Fsp3) is 1.00. The molecular formula is C14H31N3O2S. The molecule has 0 aromatic rings. The lowest BCUT2D eigenvalue weighted by molar-refractivity contribution is 0.248. The van der Waals surface area contributed by atoms with Gasteiger partial charge in [-0.15, -0.1) is 0 Å². The van der Waals surface area contributed by atoms with Gasteiger partial charge in [-0.2, -0.15) is 17.0 Å². The van der Waals surface area contributed by atoms with Crippen molar-refractivity contribution in [2.45, 2.75) is 46.6 Å². The number of rotatable bonds is 7. The van der Waals surface area contributed by atoms with E-state index in [9.17, 15) is 8.42 Å². The molecule has 6 heteroatoms. The first-order valence-electron chi connectivity index (χ1n) is 7.68. The molecule has 1 fully saturated rings. The van der Waals surface area contributed by atoms with Gasteiger partial charge < -0.3 is 5.32 Å². The van der Waals surface area contributed by atoms with Gasteiger partial charge in [0.1, 0.15) is 0 Å². The Hall–Kier alpha value is -0.170. The van der Waals surface area contributed by atoms with E-state index in [0.717, 1.165) is 19.4 Å². The van der Waals surface area contributed by atoms with Crippen molar-refractivity contribution in [2.75, 3.05) is 33.2 Å². The predicted octanol–water partition coefficient (Wildman–Crippen LogP) is 1.53. The van der Waals surface area contributed by atoms with E-state index >= 15 is 0 Å². The summed E-state index contributed by atoms with van der Waals surface area (Å²) in [5.41, 5.74) is 0. The second-order valence-corrected chi connectivity index (χ2v) is 8.62. The number of nitrogens with zero attached hydrogens (tertiary/aromatic N) is 2. The molecule has 20 heavy (non-hydrogen) atoms. The van der Waals surface area contributed by atoms with Gasteiger partial charge in [0.05, 0.1) is 0 Å². The van der Waals surface area contributed by atoms with E-state index in [0.29, 0.717) is 37.5 Å². The maximum absolute atomic E-state index is 12.4. The maximum atomic E-state index is 12.4. The number of hydrogen-bond acceptors (Lipinski definition) is 3. The van der Waals surface area contributed by atoms with Crippen LogP contribution in [0.25, 0.3) is 0 Å². The molecule has 0 amide bonds. The monoisotopic (exact) mass is 305 g/mol. The molecule has 120 valence electrons. The highest BCUT2D eigenvalue weighted by Gasteiger charge is 2.31. The Morgan fingerprint density at radius 1 is 1.20 bits per heavy atom. The summed E-state index contributed by atoms with van der Waals surface area (Å²) in [5.74, 6) is 0.946. The zero-order valence-corrected chi connectivity index (χ0v) is 14.4. The molecule has 0 unspecified atom stereocenters. The quantitative estimate of drug-likeness (QED) is 0.776. The Labute approximate surface area is 124 Å². The van der Waals surface area contributed by atoms with Crippen LogP contribution in [0, 0.1) is 11.8 Å². The van der Waals surface area contributed by atoms with Crippen LogP contribution < -0.4 is 5.32 Å². The zero-order chi connectivity index (χ0) is 15.3. The molecule has 0 bridgehead atoms. The van der Waals surface area contributed by atoms with Crippen LogP contribution in [0.5, 0.6) is 0 Å². The molecule has 1 saturated heterocycles. The Morgan fingerprint density at radius 3 is 2.20 bits per heavy atom. The molecule has 0 radical (unpaired) electrons. The third-order valence-electron chi connectivity index (χ3n) is 3.73. The molecule has 0 aromatic heterocycles. The lowest BCUT2D eigenvalue weighted by atomic mass is 9.98. The normalized spacial score (nSPS) is 19.4. The van der Waals surface area contributed by atoms with Crippen molar-refractivity contribution in [1.82, 2.24) is 13.9 Å². The van der Waals surface area contributed by atoms with Crippen LogP contribution in [0.3, 0.4) is 0 Å². The molecule has 0 aromatic carbocycles. The summed E-state index contributed by atoms with van der Waals surface area (Å²) in [7, 11) is -1.58. The lowest BCUT2D eigenvalue weighted by Gasteiger charge is -2.34. The van der Waals surface area contributed by atoms with E-state index < -0.39 is 10.2 Å². The minimum absolute atomic E-state index is 0.350. The largest absolute Gasteiger partial charge is 0.314 e. The molecular weight excluding hydrogens is 274 g/mol. The van der Waals surface area contributed by atoms with Gasteiger partial charge in [-0.1, -0.05) is 27.7 Å². The van der Waals surface area contributed by atoms with Crippen LogP contribution >= 0.6 is 0 Å². The topological polar surface area (TPSA) is 52.7 Å². The molecule has 1 aliphatic heterocycles. The van der Waals surface area contributed by atoms with Gasteiger partial charge in [-0.25, -0.2) is 0 Å². The van der Waals surface area contributed by atoms with Crippen LogP contribution in [0.15, 0.2) is 0 Å². The van der Waals surface area contributed by atoms with Crippen LogP contribution in [0.4, 0.5) is 0 Å². The second kappa shape index (κ2) is 7.73. The first-order chi connectivity index (χ1) is 9.23. The van der Waals surface area contributed by atoms with Crippen molar-refractivity contribution in [3.05, 3.63) is 0 Å². The lowest BCUT2D eigenvalue weighted by Crippen LogP contribution is -2.47. The Balaban J connectivity index is 2.47. The van der Waals surface area contributed by atoms with Gasteiger partial charge in [0.2, 0.25) is 0 Å². The van der Waals surface area contributed by atoms with Crippen molar-refractivity contribution in [3.63, 3.8) is 0 Å². The van der Waals surface area contributed by atoms with Crippen LogP contribution in [0.1, 0.15) is 40.5 Å². The molecule has 0 atom stereocenters. The van der Waals surface area contributed by atoms with Gasteiger partial charge >= 0.3 is 0 Å². The first-order valence-corrected chi connectivity index (χ1v) is 9.08. The highest BCUT2D eigenvalue weighted by Crippen LogP contribution is 2.21. The summed E-state index contributed by atoms with van der Waals surface area (Å²) in [5, 5.41) is 3.44. The molecule has 1 heterocycles. The van der Waals surface area contributed by atoms with E-state index in [1.54, 1.807) is 11.4 Å². The molecule has 5 nitrogen and oxygen atoms in total. The Kier molecular flexibility index (Phi) is 6.91. The molecule has 1 N–H and O–H groups in total. The maximum Gasteiger partial charge on any atom is 0.281 e. The van der Waals surface area contributed by atoms with Crippen molar-refractivity contribution >= 4 is 10.2 Å². The molecule has 0 saturated carbocycles. The Morgan fingerprint density at radius 2 is 1.75 bits per heavy atom. The average molecular weight is 305 g/mol. The van der Waals surface area contributed by atoms with Gasteiger partial charge in [0.25, 0.3) is 10.2 Å². The standard InChI is InChI=1S/C14H31N3O2S/c1-12(2)11-16(5)20(18,19)17-8-6-14(7-9-17)10-15-13(3)4/h12-15H,6-11H2,1-5H3. The highest BCUT2D eigenvalue weighted by molar-refractivity contribution is 7.86. The predicted molar refractivity (Wildman–Crippen MR) is 83.8 cm³/mol. The second-order valence-electron chi connectivity index (χ2n) is 6.59. The van der Waals surface area contributed by atoms with Gasteiger partial charge in [-0.05, 0) is 31.2 Å². The fourth-order valence-electron chi connectivity index (χ4n) is 2.55. The Bertz CT molecular complexity index is 374. The van der Waals surface area contributed by atoms with E-state index in [2.05, 4.69) is 19.2 Å². The van der Waals surface area contributed by atoms with E-state index in [1.165, 1.54) is 4.31 Å². The number of hydrogen-bond donors (Lipinski definition) is 1. The van der Waals surface area contributed by atoms with Crippen LogP contribution in [-0.4, -0.2) is 56.3 Å². The minimum atomic E-state index is -3.27. The van der Waals surface area contributed by atoms with Crippen molar-refractivity contribution < 1.29 is 8.42 Å². The summed E-state index contributed by atoms with van der Waals surface area (Å²) >= 11 is 0. The number of piperidine rings is 1. The molecule has 0 spiro atoms. The molecule has 1 aliphatic rings. The van der Waals surface area contributed by atoms with Gasteiger partial charge in [0.15, 0.2) is 0 Å². The number of nitrogens with one attached hydrogen (secondary N) is 1. The van der Waals surface area contributed by atoms with Crippen molar-refractivity contribution in [1.29, 1.82) is 0 Å². The summed E-state index contributed by atoms with van der Waals surface area (Å²) in [6.45, 7) is 11.2.